The Hall–Kier alpha value is -3.00. The van der Waals surface area contributed by atoms with Gasteiger partial charge >= 0.3 is 6.03 Å². The molecule has 0 unspecified atom stereocenters. The van der Waals surface area contributed by atoms with Crippen LogP contribution >= 0.6 is 0 Å². The lowest BCUT2D eigenvalue weighted by Gasteiger charge is -2.51. The van der Waals surface area contributed by atoms with Crippen LogP contribution in [0.25, 0.3) is 0 Å². The molecule has 0 bridgehead atoms. The van der Waals surface area contributed by atoms with E-state index < -0.39 is 0 Å². The zero-order valence-electron chi connectivity index (χ0n) is 21.5. The number of urea groups is 1. The van der Waals surface area contributed by atoms with Crippen LogP contribution in [-0.4, -0.2) is 75.9 Å². The molecule has 1 saturated heterocycles. The van der Waals surface area contributed by atoms with E-state index in [4.69, 9.17) is 0 Å². The molecule has 1 N–H and O–H groups in total. The maximum absolute atomic E-state index is 13.7. The van der Waals surface area contributed by atoms with Gasteiger partial charge in [0.1, 0.15) is 6.54 Å². The summed E-state index contributed by atoms with van der Waals surface area (Å²) in [5.74, 6) is 0.434. The number of hydrogen-bond acceptors (Lipinski definition) is 5. The number of aromatic nitrogens is 2. The number of nitrogens with one attached hydrogen (secondary N) is 1. The Morgan fingerprint density at radius 1 is 1.11 bits per heavy atom. The van der Waals surface area contributed by atoms with Gasteiger partial charge in [-0.3, -0.25) is 19.7 Å². The van der Waals surface area contributed by atoms with Gasteiger partial charge < -0.3 is 15.1 Å². The molecule has 5 rings (SSSR count). The summed E-state index contributed by atoms with van der Waals surface area (Å²) in [6.45, 7) is 1.83. The van der Waals surface area contributed by atoms with E-state index in [1.165, 1.54) is 24.8 Å². The number of hydrogen-bond donors (Lipinski definition) is 1. The van der Waals surface area contributed by atoms with Crippen LogP contribution in [0.5, 0.6) is 0 Å². The highest BCUT2D eigenvalue weighted by molar-refractivity contribution is 5.86. The Bertz CT molecular complexity index is 1050. The molecule has 2 heterocycles. The van der Waals surface area contributed by atoms with Gasteiger partial charge in [-0.2, -0.15) is 0 Å². The monoisotopic (exact) mass is 490 g/mol. The van der Waals surface area contributed by atoms with E-state index in [9.17, 15) is 9.59 Å². The third-order valence-corrected chi connectivity index (χ3v) is 8.82. The number of rotatable bonds is 8. The van der Waals surface area contributed by atoms with E-state index >= 15 is 0 Å². The fourth-order valence-corrected chi connectivity index (χ4v) is 6.35. The maximum atomic E-state index is 13.7. The molecule has 8 heteroatoms. The molecule has 3 aliphatic rings. The number of amides is 3. The Balaban J connectivity index is 1.30. The molecular weight excluding hydrogens is 452 g/mol. The van der Waals surface area contributed by atoms with Crippen molar-refractivity contribution in [2.45, 2.75) is 62.6 Å². The van der Waals surface area contributed by atoms with Crippen molar-refractivity contribution < 1.29 is 9.59 Å². The van der Waals surface area contributed by atoms with Crippen molar-refractivity contribution in [1.82, 2.24) is 30.0 Å². The lowest BCUT2D eigenvalue weighted by molar-refractivity contribution is -0.121. The Kier molecular flexibility index (Phi) is 6.97. The van der Waals surface area contributed by atoms with Gasteiger partial charge in [0.05, 0.1) is 24.0 Å². The Morgan fingerprint density at radius 3 is 2.47 bits per heavy atom. The highest BCUT2D eigenvalue weighted by atomic mass is 16.2. The molecule has 1 aromatic heterocycles. The van der Waals surface area contributed by atoms with E-state index in [1.54, 1.807) is 23.5 Å². The molecule has 36 heavy (non-hydrogen) atoms. The summed E-state index contributed by atoms with van der Waals surface area (Å²) in [5, 5.41) is 2.90. The van der Waals surface area contributed by atoms with Gasteiger partial charge in [0, 0.05) is 31.0 Å². The summed E-state index contributed by atoms with van der Waals surface area (Å²) in [6.07, 6.45) is 12.4. The predicted octanol–water partition coefficient (Wildman–Crippen LogP) is 3.40. The number of nitrogens with zero attached hydrogens (tertiary/aromatic N) is 5. The Morgan fingerprint density at radius 2 is 1.86 bits per heavy atom. The van der Waals surface area contributed by atoms with Crippen molar-refractivity contribution in [2.75, 3.05) is 33.7 Å². The van der Waals surface area contributed by atoms with Crippen molar-refractivity contribution in [3.05, 3.63) is 60.2 Å². The van der Waals surface area contributed by atoms with Crippen LogP contribution in [0.4, 0.5) is 4.79 Å². The molecule has 3 fully saturated rings. The van der Waals surface area contributed by atoms with Crippen LogP contribution in [-0.2, 0) is 16.9 Å². The van der Waals surface area contributed by atoms with E-state index in [0.717, 1.165) is 32.2 Å². The minimum absolute atomic E-state index is 0.0219. The molecule has 8 nitrogen and oxygen atoms in total. The quantitative estimate of drug-likeness (QED) is 0.613. The van der Waals surface area contributed by atoms with Crippen LogP contribution in [0.3, 0.4) is 0 Å². The lowest BCUT2D eigenvalue weighted by Crippen LogP contribution is -2.56. The summed E-state index contributed by atoms with van der Waals surface area (Å²) in [6, 6.07) is 10.8. The van der Waals surface area contributed by atoms with Crippen LogP contribution in [0.15, 0.2) is 48.9 Å². The summed E-state index contributed by atoms with van der Waals surface area (Å²) >= 11 is 0. The summed E-state index contributed by atoms with van der Waals surface area (Å²) in [7, 11) is 4.34. The SMILES string of the molecule is CN(C)[C@]1(c2ccccc2)CC[C@@]2(CC1)CN(CC(=O)NCc1cnccn1)C(=O)N2CC1CCC1. The van der Waals surface area contributed by atoms with Gasteiger partial charge in [-0.05, 0) is 64.1 Å². The zero-order valence-corrected chi connectivity index (χ0v) is 21.5. The summed E-state index contributed by atoms with van der Waals surface area (Å²) in [4.78, 5) is 41.0. The first-order valence-electron chi connectivity index (χ1n) is 13.2. The lowest BCUT2D eigenvalue weighted by atomic mass is 9.68. The maximum Gasteiger partial charge on any atom is 0.321 e. The topological polar surface area (TPSA) is 81.7 Å². The average Bonchev–Trinajstić information content (AvgIpc) is 3.11. The normalized spacial score (nSPS) is 26.5. The minimum Gasteiger partial charge on any atom is -0.349 e. The standard InChI is InChI=1S/C28H38N6O2/c1-32(2)28(23-9-4-3-5-10-23)13-11-27(12-14-28)21-33(26(36)34(27)19-22-7-6-8-22)20-25(35)31-18-24-17-29-15-16-30-24/h3-5,9-10,15-17,22H,6-8,11-14,18-21H2,1-2H3,(H,31,35)/t27-,28-. The molecular formula is C28H38N6O2. The van der Waals surface area contributed by atoms with E-state index in [0.29, 0.717) is 24.7 Å². The molecule has 1 aliphatic heterocycles. The molecule has 1 aromatic carbocycles. The molecule has 192 valence electrons. The smallest absolute Gasteiger partial charge is 0.321 e. The minimum atomic E-state index is -0.202. The highest BCUT2D eigenvalue weighted by Gasteiger charge is 2.55. The molecule has 0 radical (unpaired) electrons. The second kappa shape index (κ2) is 10.2. The van der Waals surface area contributed by atoms with E-state index in [2.05, 4.69) is 69.5 Å². The van der Waals surface area contributed by atoms with Gasteiger partial charge in [-0.25, -0.2) is 4.79 Å². The van der Waals surface area contributed by atoms with Gasteiger partial charge in [0.25, 0.3) is 0 Å². The molecule has 2 aliphatic carbocycles. The summed E-state index contributed by atoms with van der Waals surface area (Å²) < 4.78 is 0. The van der Waals surface area contributed by atoms with Crippen LogP contribution in [0, 0.1) is 5.92 Å². The second-order valence-corrected chi connectivity index (χ2v) is 11.0. The fraction of sp³-hybridized carbons (Fsp3) is 0.571. The van der Waals surface area contributed by atoms with Gasteiger partial charge in [0.2, 0.25) is 5.91 Å². The van der Waals surface area contributed by atoms with E-state index in [1.807, 2.05) is 0 Å². The Labute approximate surface area is 214 Å². The average molecular weight is 491 g/mol. The number of carbonyl (C=O) groups is 2. The molecule has 2 aromatic rings. The number of benzene rings is 1. The zero-order chi connectivity index (χ0) is 25.2. The van der Waals surface area contributed by atoms with Crippen LogP contribution in [0.2, 0.25) is 0 Å². The van der Waals surface area contributed by atoms with Gasteiger partial charge in [-0.15, -0.1) is 0 Å². The number of carbonyl (C=O) groups excluding carboxylic acids is 2. The van der Waals surface area contributed by atoms with Crippen molar-refractivity contribution >= 4 is 11.9 Å². The van der Waals surface area contributed by atoms with E-state index in [-0.39, 0.29) is 29.6 Å². The largest absolute Gasteiger partial charge is 0.349 e. The summed E-state index contributed by atoms with van der Waals surface area (Å²) in [5.41, 5.74) is 1.82. The van der Waals surface area contributed by atoms with Gasteiger partial charge in [-0.1, -0.05) is 36.8 Å². The van der Waals surface area contributed by atoms with Crippen molar-refractivity contribution in [2.24, 2.45) is 5.92 Å². The van der Waals surface area contributed by atoms with Crippen molar-refractivity contribution in [1.29, 1.82) is 0 Å². The third-order valence-electron chi connectivity index (χ3n) is 8.82. The fourth-order valence-electron chi connectivity index (χ4n) is 6.35. The van der Waals surface area contributed by atoms with Gasteiger partial charge in [0.15, 0.2) is 0 Å². The molecule has 2 saturated carbocycles. The van der Waals surface area contributed by atoms with Crippen molar-refractivity contribution in [3.63, 3.8) is 0 Å². The second-order valence-electron chi connectivity index (χ2n) is 11.0. The van der Waals surface area contributed by atoms with Crippen molar-refractivity contribution in [3.8, 4) is 0 Å². The van der Waals surface area contributed by atoms with Crippen LogP contribution in [0.1, 0.15) is 56.2 Å². The predicted molar refractivity (Wildman–Crippen MR) is 138 cm³/mol. The first-order valence-corrected chi connectivity index (χ1v) is 13.2. The molecule has 1 spiro atoms. The van der Waals surface area contributed by atoms with Crippen LogP contribution < -0.4 is 5.32 Å². The first-order chi connectivity index (χ1) is 17.4. The highest BCUT2D eigenvalue weighted by Crippen LogP contribution is 2.49. The molecule has 0 atom stereocenters. The molecule has 3 amide bonds. The first kappa shape index (κ1) is 24.7. The third kappa shape index (κ3) is 4.71.